The SMILES string of the molecule is CN(C)S(=O)(=O)NC(C(=O)C[C@H]1Cc2cccc(C(=O)O)c2OB1O)c1csc(N)n1. The predicted octanol–water partition coefficient (Wildman–Crippen LogP) is 0.306. The van der Waals surface area contributed by atoms with E-state index in [-0.39, 0.29) is 35.0 Å². The fourth-order valence-corrected chi connectivity index (χ4v) is 4.53. The van der Waals surface area contributed by atoms with Gasteiger partial charge < -0.3 is 20.5 Å². The van der Waals surface area contributed by atoms with Crippen molar-refractivity contribution in [1.82, 2.24) is 14.0 Å². The van der Waals surface area contributed by atoms with Crippen LogP contribution in [0.25, 0.3) is 0 Å². The van der Waals surface area contributed by atoms with E-state index in [1.165, 1.54) is 25.5 Å². The molecule has 0 amide bonds. The van der Waals surface area contributed by atoms with Crippen molar-refractivity contribution < 1.29 is 32.8 Å². The van der Waals surface area contributed by atoms with Gasteiger partial charge in [-0.15, -0.1) is 11.3 Å². The second-order valence-electron chi connectivity index (χ2n) is 7.19. The van der Waals surface area contributed by atoms with Crippen molar-refractivity contribution in [3.05, 3.63) is 40.4 Å². The first-order valence-electron chi connectivity index (χ1n) is 9.13. The molecule has 2 aromatic rings. The number of carboxylic acids is 1. The Morgan fingerprint density at radius 2 is 2.16 bits per heavy atom. The average Bonchev–Trinajstić information content (AvgIpc) is 3.12. The van der Waals surface area contributed by atoms with Crippen LogP contribution in [0.3, 0.4) is 0 Å². The first kappa shape index (κ1) is 23.2. The topological polar surface area (TPSA) is 172 Å². The molecule has 0 aliphatic carbocycles. The number of para-hydroxylation sites is 1. The van der Waals surface area contributed by atoms with Gasteiger partial charge in [-0.2, -0.15) is 17.4 Å². The molecule has 1 aromatic heterocycles. The molecule has 31 heavy (non-hydrogen) atoms. The van der Waals surface area contributed by atoms with E-state index in [4.69, 9.17) is 10.4 Å². The lowest BCUT2D eigenvalue weighted by Crippen LogP contribution is -2.42. The Morgan fingerprint density at radius 3 is 2.74 bits per heavy atom. The maximum absolute atomic E-state index is 13.1. The van der Waals surface area contributed by atoms with Crippen molar-refractivity contribution >= 4 is 45.5 Å². The maximum Gasteiger partial charge on any atom is 0.526 e. The van der Waals surface area contributed by atoms with Crippen LogP contribution in [0.4, 0.5) is 5.13 Å². The lowest BCUT2D eigenvalue weighted by Gasteiger charge is -2.29. The summed E-state index contributed by atoms with van der Waals surface area (Å²) in [5, 5.41) is 21.3. The zero-order valence-electron chi connectivity index (χ0n) is 16.7. The van der Waals surface area contributed by atoms with Gasteiger partial charge in [0.15, 0.2) is 10.9 Å². The molecule has 11 nitrogen and oxygen atoms in total. The highest BCUT2D eigenvalue weighted by Gasteiger charge is 2.40. The number of thiazole rings is 1. The molecule has 5 N–H and O–H groups in total. The molecule has 0 radical (unpaired) electrons. The number of ketones is 1. The van der Waals surface area contributed by atoms with Crippen molar-refractivity contribution in [2.75, 3.05) is 19.8 Å². The summed E-state index contributed by atoms with van der Waals surface area (Å²) in [7, 11) is -2.78. The van der Waals surface area contributed by atoms with Gasteiger partial charge in [0.2, 0.25) is 0 Å². The van der Waals surface area contributed by atoms with Crippen LogP contribution >= 0.6 is 11.3 Å². The van der Waals surface area contributed by atoms with E-state index >= 15 is 0 Å². The standard InChI is InChI=1S/C17H21BN4O7S2/c1-22(2)31(27,28)21-14(12-8-30-17(19)20-12)13(23)7-10-6-9-4-3-5-11(16(24)25)15(9)29-18(10)26/h3-5,8,10,14,21,26H,6-7H2,1-2H3,(H2,19,20)(H,24,25)/t10-,14?/m1/s1. The Morgan fingerprint density at radius 1 is 1.45 bits per heavy atom. The highest BCUT2D eigenvalue weighted by Crippen LogP contribution is 2.37. The summed E-state index contributed by atoms with van der Waals surface area (Å²) in [5.74, 6) is -2.39. The van der Waals surface area contributed by atoms with Crippen LogP contribution in [-0.4, -0.2) is 60.8 Å². The number of anilines is 1. The zero-order chi connectivity index (χ0) is 22.9. The first-order valence-corrected chi connectivity index (χ1v) is 11.4. The van der Waals surface area contributed by atoms with Gasteiger partial charge in [-0.3, -0.25) is 4.79 Å². The minimum absolute atomic E-state index is 0.0586. The summed E-state index contributed by atoms with van der Waals surface area (Å²) in [6, 6.07) is 3.25. The Balaban J connectivity index is 1.85. The minimum Gasteiger partial charge on any atom is -0.535 e. The van der Waals surface area contributed by atoms with Crippen LogP contribution in [0.5, 0.6) is 5.75 Å². The second kappa shape index (κ2) is 8.92. The number of aromatic nitrogens is 1. The van der Waals surface area contributed by atoms with Crippen LogP contribution in [0.15, 0.2) is 23.6 Å². The monoisotopic (exact) mass is 468 g/mol. The van der Waals surface area contributed by atoms with E-state index in [2.05, 4.69) is 9.71 Å². The summed E-state index contributed by atoms with van der Waals surface area (Å²) in [4.78, 5) is 28.5. The summed E-state index contributed by atoms with van der Waals surface area (Å²) in [5.41, 5.74) is 6.24. The summed E-state index contributed by atoms with van der Waals surface area (Å²) < 4.78 is 33.3. The minimum atomic E-state index is -3.97. The van der Waals surface area contributed by atoms with Crippen LogP contribution in [0.1, 0.15) is 34.1 Å². The fraction of sp³-hybridized carbons (Fsp3) is 0.353. The summed E-state index contributed by atoms with van der Waals surface area (Å²) >= 11 is 1.06. The van der Waals surface area contributed by atoms with Crippen LogP contribution in [-0.2, 0) is 21.4 Å². The first-order chi connectivity index (χ1) is 14.5. The quantitative estimate of drug-likeness (QED) is 0.398. The van der Waals surface area contributed by atoms with Crippen molar-refractivity contribution in [2.24, 2.45) is 0 Å². The molecule has 1 aliphatic rings. The van der Waals surface area contributed by atoms with E-state index < -0.39 is 40.9 Å². The van der Waals surface area contributed by atoms with Crippen molar-refractivity contribution in [3.8, 4) is 5.75 Å². The van der Waals surface area contributed by atoms with Crippen LogP contribution in [0, 0.1) is 0 Å². The molecular formula is C17H21BN4O7S2. The smallest absolute Gasteiger partial charge is 0.526 e. The molecule has 0 bridgehead atoms. The normalized spacial score (nSPS) is 17.2. The molecule has 2 heterocycles. The molecule has 1 aliphatic heterocycles. The average molecular weight is 468 g/mol. The third-order valence-corrected chi connectivity index (χ3v) is 7.01. The lowest BCUT2D eigenvalue weighted by molar-refractivity contribution is -0.121. The Bertz CT molecular complexity index is 1110. The molecule has 0 saturated carbocycles. The molecule has 0 spiro atoms. The number of nitrogens with zero attached hydrogens (tertiary/aromatic N) is 2. The largest absolute Gasteiger partial charge is 0.535 e. The van der Waals surface area contributed by atoms with Gasteiger partial charge in [0.1, 0.15) is 11.8 Å². The number of carbonyl (C=O) groups is 2. The third-order valence-electron chi connectivity index (χ3n) is 4.82. The van der Waals surface area contributed by atoms with Gasteiger partial charge in [-0.25, -0.2) is 9.78 Å². The number of Topliss-reactive ketones (excluding diaryl/α,β-unsaturated/α-hetero) is 1. The second-order valence-corrected chi connectivity index (χ2v) is 10.00. The fourth-order valence-electron chi connectivity index (χ4n) is 3.18. The third kappa shape index (κ3) is 5.04. The Hall–Kier alpha value is -2.52. The van der Waals surface area contributed by atoms with E-state index in [0.717, 1.165) is 15.6 Å². The maximum atomic E-state index is 13.1. The summed E-state index contributed by atoms with van der Waals surface area (Å²) in [6.07, 6.45) is -0.0638. The molecule has 1 unspecified atom stereocenters. The molecule has 2 atom stereocenters. The van der Waals surface area contributed by atoms with Gasteiger partial charge in [0.25, 0.3) is 10.2 Å². The highest BCUT2D eigenvalue weighted by atomic mass is 32.2. The lowest BCUT2D eigenvalue weighted by atomic mass is 9.64. The number of rotatable bonds is 8. The van der Waals surface area contributed by atoms with Gasteiger partial charge in [-0.05, 0) is 18.1 Å². The molecule has 0 saturated heterocycles. The van der Waals surface area contributed by atoms with Crippen molar-refractivity contribution in [2.45, 2.75) is 24.7 Å². The van der Waals surface area contributed by atoms with Gasteiger partial charge >= 0.3 is 13.1 Å². The number of nitrogens with one attached hydrogen (secondary N) is 1. The molecule has 3 rings (SSSR count). The number of fused-ring (bicyclic) bond motifs is 1. The summed E-state index contributed by atoms with van der Waals surface area (Å²) in [6.45, 7) is 0. The zero-order valence-corrected chi connectivity index (χ0v) is 18.3. The van der Waals surface area contributed by atoms with Crippen LogP contribution < -0.4 is 15.1 Å². The molecule has 0 fully saturated rings. The number of nitrogens with two attached hydrogens (primary N) is 1. The van der Waals surface area contributed by atoms with Crippen molar-refractivity contribution in [1.29, 1.82) is 0 Å². The molecule has 166 valence electrons. The van der Waals surface area contributed by atoms with E-state index in [1.807, 2.05) is 0 Å². The van der Waals surface area contributed by atoms with Gasteiger partial charge in [0, 0.05) is 31.7 Å². The number of nitrogen functional groups attached to an aromatic ring is 1. The molecule has 1 aromatic carbocycles. The van der Waals surface area contributed by atoms with Crippen molar-refractivity contribution in [3.63, 3.8) is 0 Å². The Labute approximate surface area is 183 Å². The predicted molar refractivity (Wildman–Crippen MR) is 114 cm³/mol. The van der Waals surface area contributed by atoms with Gasteiger partial charge in [0.05, 0.1) is 11.3 Å². The molecular weight excluding hydrogens is 447 g/mol. The van der Waals surface area contributed by atoms with E-state index in [9.17, 15) is 28.1 Å². The highest BCUT2D eigenvalue weighted by molar-refractivity contribution is 7.87. The number of hydrogen-bond donors (Lipinski definition) is 4. The number of benzene rings is 1. The van der Waals surface area contributed by atoms with Gasteiger partial charge in [-0.1, -0.05) is 12.1 Å². The van der Waals surface area contributed by atoms with E-state index in [0.29, 0.717) is 5.56 Å². The number of carboxylic acid groups (broad SMARTS) is 1. The molecule has 14 heteroatoms. The van der Waals surface area contributed by atoms with Crippen LogP contribution in [0.2, 0.25) is 5.82 Å². The number of aromatic carboxylic acids is 1. The van der Waals surface area contributed by atoms with E-state index in [1.54, 1.807) is 12.1 Å². The Kier molecular flexibility index (Phi) is 6.66. The number of hydrogen-bond acceptors (Lipinski definition) is 9. The number of carbonyl (C=O) groups excluding carboxylic acids is 1.